The Balaban J connectivity index is 2.01. The number of Topliss-reactive ketones (excluding diaryl/α,β-unsaturated/α-hetero) is 1. The summed E-state index contributed by atoms with van der Waals surface area (Å²) in [6.07, 6.45) is 0. The van der Waals surface area contributed by atoms with Gasteiger partial charge in [0, 0.05) is 5.56 Å². The summed E-state index contributed by atoms with van der Waals surface area (Å²) in [6, 6.07) is 18.2. The molecule has 4 rings (SSSR count). The van der Waals surface area contributed by atoms with Crippen LogP contribution in [0.1, 0.15) is 43.3 Å². The Morgan fingerprint density at radius 3 is 1.76 bits per heavy atom. The second kappa shape index (κ2) is 5.60. The van der Waals surface area contributed by atoms with Crippen molar-refractivity contribution in [1.29, 1.82) is 0 Å². The third kappa shape index (κ3) is 2.22. The third-order valence-corrected chi connectivity index (χ3v) is 4.55. The quantitative estimate of drug-likeness (QED) is 0.703. The molecule has 0 saturated carbocycles. The van der Waals surface area contributed by atoms with Crippen LogP contribution in [0.5, 0.6) is 11.5 Å². The van der Waals surface area contributed by atoms with Gasteiger partial charge in [-0.15, -0.1) is 0 Å². The Hall–Kier alpha value is -3.40. The van der Waals surface area contributed by atoms with E-state index in [1.807, 2.05) is 6.07 Å². The number of aromatic hydroxyl groups is 2. The number of carbonyl (C=O) groups excluding carboxylic acids is 2. The number of phenols is 2. The maximum absolute atomic E-state index is 13.2. The molecule has 3 aromatic rings. The molecule has 0 bridgehead atoms. The molecule has 122 valence electrons. The van der Waals surface area contributed by atoms with Gasteiger partial charge in [-0.3, -0.25) is 9.59 Å². The van der Waals surface area contributed by atoms with Gasteiger partial charge in [-0.1, -0.05) is 54.6 Å². The molecule has 4 nitrogen and oxygen atoms in total. The predicted octanol–water partition coefficient (Wildman–Crippen LogP) is 3.66. The van der Waals surface area contributed by atoms with Crippen molar-refractivity contribution < 1.29 is 19.8 Å². The summed E-state index contributed by atoms with van der Waals surface area (Å²) in [7, 11) is 0. The predicted molar refractivity (Wildman–Crippen MR) is 92.3 cm³/mol. The van der Waals surface area contributed by atoms with E-state index in [2.05, 4.69) is 0 Å². The van der Waals surface area contributed by atoms with Gasteiger partial charge < -0.3 is 10.2 Å². The number of carbonyl (C=O) groups is 2. The summed E-state index contributed by atoms with van der Waals surface area (Å²) in [6.45, 7) is 0. The van der Waals surface area contributed by atoms with Crippen LogP contribution in [0.3, 0.4) is 0 Å². The van der Waals surface area contributed by atoms with Crippen LogP contribution in [0.2, 0.25) is 0 Å². The lowest BCUT2D eigenvalue weighted by molar-refractivity contribution is 0.0967. The Labute approximate surface area is 144 Å². The fraction of sp³-hybridized carbons (Fsp3) is 0.0476. The molecule has 0 spiro atoms. The minimum absolute atomic E-state index is 0.0748. The maximum Gasteiger partial charge on any atom is 0.201 e. The highest BCUT2D eigenvalue weighted by atomic mass is 16.3. The van der Waals surface area contributed by atoms with E-state index in [0.29, 0.717) is 16.7 Å². The Bertz CT molecular complexity index is 950. The second-order valence-electron chi connectivity index (χ2n) is 5.98. The van der Waals surface area contributed by atoms with Crippen molar-refractivity contribution in [1.82, 2.24) is 0 Å². The van der Waals surface area contributed by atoms with Gasteiger partial charge in [0.05, 0.1) is 17.0 Å². The topological polar surface area (TPSA) is 74.6 Å². The smallest absolute Gasteiger partial charge is 0.201 e. The first-order valence-corrected chi connectivity index (χ1v) is 7.87. The number of hydrogen-bond donors (Lipinski definition) is 2. The highest BCUT2D eigenvalue weighted by Crippen LogP contribution is 2.44. The van der Waals surface area contributed by atoms with Crippen LogP contribution in [0, 0.1) is 0 Å². The van der Waals surface area contributed by atoms with E-state index >= 15 is 0 Å². The van der Waals surface area contributed by atoms with E-state index in [1.54, 1.807) is 48.5 Å². The molecular formula is C21H14O4. The normalized spacial score (nSPS) is 13.2. The van der Waals surface area contributed by atoms with E-state index in [9.17, 15) is 19.8 Å². The Morgan fingerprint density at radius 1 is 0.720 bits per heavy atom. The van der Waals surface area contributed by atoms with Gasteiger partial charge in [0.25, 0.3) is 0 Å². The van der Waals surface area contributed by atoms with Crippen LogP contribution >= 0.6 is 0 Å². The molecule has 2 N–H and O–H groups in total. The molecule has 4 heteroatoms. The minimum Gasteiger partial charge on any atom is -0.507 e. The van der Waals surface area contributed by atoms with Crippen LogP contribution < -0.4 is 0 Å². The van der Waals surface area contributed by atoms with Crippen molar-refractivity contribution in [2.24, 2.45) is 0 Å². The van der Waals surface area contributed by atoms with Gasteiger partial charge in [-0.25, -0.2) is 0 Å². The lowest BCUT2D eigenvalue weighted by Crippen LogP contribution is -2.25. The first kappa shape index (κ1) is 15.1. The van der Waals surface area contributed by atoms with E-state index in [4.69, 9.17) is 0 Å². The van der Waals surface area contributed by atoms with E-state index in [1.165, 1.54) is 12.1 Å². The lowest BCUT2D eigenvalue weighted by Gasteiger charge is -2.27. The largest absolute Gasteiger partial charge is 0.507 e. The van der Waals surface area contributed by atoms with Gasteiger partial charge in [0.1, 0.15) is 11.5 Å². The first-order valence-electron chi connectivity index (χ1n) is 7.87. The maximum atomic E-state index is 13.2. The molecule has 0 atom stereocenters. The van der Waals surface area contributed by atoms with Crippen molar-refractivity contribution >= 4 is 11.6 Å². The monoisotopic (exact) mass is 330 g/mol. The summed E-state index contributed by atoms with van der Waals surface area (Å²) >= 11 is 0. The van der Waals surface area contributed by atoms with Crippen LogP contribution in [0.15, 0.2) is 66.7 Å². The number of benzene rings is 3. The van der Waals surface area contributed by atoms with Crippen molar-refractivity contribution in [3.63, 3.8) is 0 Å². The van der Waals surface area contributed by atoms with E-state index in [0.717, 1.165) is 0 Å². The number of hydrogen-bond acceptors (Lipinski definition) is 4. The molecule has 1 aliphatic rings. The van der Waals surface area contributed by atoms with Crippen molar-refractivity contribution in [3.8, 4) is 11.5 Å². The fourth-order valence-electron chi connectivity index (χ4n) is 3.43. The van der Waals surface area contributed by atoms with E-state index in [-0.39, 0.29) is 28.4 Å². The second-order valence-corrected chi connectivity index (χ2v) is 5.98. The van der Waals surface area contributed by atoms with Gasteiger partial charge in [0.15, 0.2) is 5.78 Å². The molecule has 3 aromatic carbocycles. The number of ketones is 2. The van der Waals surface area contributed by atoms with Crippen molar-refractivity contribution in [3.05, 3.63) is 94.5 Å². The molecular weight excluding hydrogens is 316 g/mol. The van der Waals surface area contributed by atoms with Crippen LogP contribution in [0.25, 0.3) is 0 Å². The summed E-state index contributed by atoms with van der Waals surface area (Å²) in [5.41, 5.74) is 1.57. The number of fused-ring (bicyclic) bond motifs is 2. The average molecular weight is 330 g/mol. The molecule has 0 aliphatic heterocycles. The van der Waals surface area contributed by atoms with Crippen LogP contribution in [-0.4, -0.2) is 21.8 Å². The fourth-order valence-corrected chi connectivity index (χ4v) is 3.43. The van der Waals surface area contributed by atoms with Gasteiger partial charge in [-0.2, -0.15) is 0 Å². The summed E-state index contributed by atoms with van der Waals surface area (Å²) in [5, 5.41) is 20.4. The zero-order chi connectivity index (χ0) is 17.6. The highest BCUT2D eigenvalue weighted by Gasteiger charge is 2.38. The average Bonchev–Trinajstić information content (AvgIpc) is 2.62. The molecule has 25 heavy (non-hydrogen) atoms. The molecule has 0 heterocycles. The zero-order valence-corrected chi connectivity index (χ0v) is 13.1. The lowest BCUT2D eigenvalue weighted by atomic mass is 9.73. The zero-order valence-electron chi connectivity index (χ0n) is 13.1. The highest BCUT2D eigenvalue weighted by molar-refractivity contribution is 6.19. The molecule has 0 unspecified atom stereocenters. The van der Waals surface area contributed by atoms with Crippen LogP contribution in [-0.2, 0) is 0 Å². The molecule has 0 radical (unpaired) electrons. The van der Waals surface area contributed by atoms with Gasteiger partial charge >= 0.3 is 0 Å². The summed E-state index contributed by atoms with van der Waals surface area (Å²) < 4.78 is 0. The summed E-state index contributed by atoms with van der Waals surface area (Å²) in [5.74, 6) is -1.81. The van der Waals surface area contributed by atoms with E-state index < -0.39 is 11.7 Å². The standard InChI is InChI=1S/C21H14O4/c22-15-10-4-8-13-17(20(24)12-6-2-1-3-7-12)14-9-5-11-16(23)19(14)21(25)18(13)15/h1-11,17,22-23H. The minimum atomic E-state index is -0.760. The number of rotatable bonds is 2. The first-order chi connectivity index (χ1) is 12.1. The van der Waals surface area contributed by atoms with Gasteiger partial charge in [-0.05, 0) is 23.3 Å². The van der Waals surface area contributed by atoms with Crippen molar-refractivity contribution in [2.75, 3.05) is 0 Å². The number of phenolic OH excluding ortho intramolecular Hbond substituents is 2. The molecule has 0 aromatic heterocycles. The van der Waals surface area contributed by atoms with Gasteiger partial charge in [0.2, 0.25) is 5.78 Å². The SMILES string of the molecule is O=C1c2c(O)cccc2C(C(=O)c2ccccc2)c2cccc(O)c21. The molecule has 0 saturated heterocycles. The molecule has 0 fully saturated rings. The molecule has 0 amide bonds. The third-order valence-electron chi connectivity index (χ3n) is 4.55. The summed E-state index contributed by atoms with van der Waals surface area (Å²) in [4.78, 5) is 26.0. The Morgan fingerprint density at radius 2 is 1.24 bits per heavy atom. The van der Waals surface area contributed by atoms with Crippen molar-refractivity contribution in [2.45, 2.75) is 5.92 Å². The van der Waals surface area contributed by atoms with Crippen LogP contribution in [0.4, 0.5) is 0 Å². The Kier molecular flexibility index (Phi) is 3.39. The molecule has 1 aliphatic carbocycles.